The van der Waals surface area contributed by atoms with E-state index in [-0.39, 0.29) is 31.0 Å². The molecule has 0 aliphatic heterocycles. The second-order valence-corrected chi connectivity index (χ2v) is 6.43. The molecular formula is C17H13F3N2O4S. The summed E-state index contributed by atoms with van der Waals surface area (Å²) in [5, 5.41) is 5.80. The van der Waals surface area contributed by atoms with Crippen molar-refractivity contribution in [3.63, 3.8) is 0 Å². The molecule has 1 aromatic carbocycles. The molecule has 0 saturated heterocycles. The summed E-state index contributed by atoms with van der Waals surface area (Å²) < 4.78 is 49.0. The molecule has 0 fully saturated rings. The predicted molar refractivity (Wildman–Crippen MR) is 89.9 cm³/mol. The summed E-state index contributed by atoms with van der Waals surface area (Å²) in [6, 6.07) is 8.05. The third-order valence-electron chi connectivity index (χ3n) is 3.52. The van der Waals surface area contributed by atoms with Crippen LogP contribution in [0, 0.1) is 0 Å². The van der Waals surface area contributed by atoms with E-state index in [2.05, 4.69) is 5.10 Å². The van der Waals surface area contributed by atoms with Crippen LogP contribution < -0.4 is 5.76 Å². The highest BCUT2D eigenvalue weighted by molar-refractivity contribution is 7.13. The van der Waals surface area contributed by atoms with E-state index in [1.54, 1.807) is 17.5 Å². The van der Waals surface area contributed by atoms with Crippen molar-refractivity contribution in [2.45, 2.75) is 25.7 Å². The summed E-state index contributed by atoms with van der Waals surface area (Å²) in [5.41, 5.74) is -0.594. The predicted octanol–water partition coefficient (Wildman–Crippen LogP) is 3.72. The van der Waals surface area contributed by atoms with Crippen molar-refractivity contribution in [2.75, 3.05) is 0 Å². The molecule has 0 bridgehead atoms. The minimum absolute atomic E-state index is 0.0604. The smallest absolute Gasteiger partial charge is 0.437 e. The van der Waals surface area contributed by atoms with Crippen LogP contribution in [-0.2, 0) is 28.9 Å². The molecule has 2 heterocycles. The molecule has 0 atom stereocenters. The summed E-state index contributed by atoms with van der Waals surface area (Å²) in [6.45, 7) is -0.355. The van der Waals surface area contributed by atoms with Crippen LogP contribution in [0.25, 0.3) is 10.8 Å². The highest BCUT2D eigenvalue weighted by atomic mass is 32.1. The number of halogens is 3. The third-order valence-corrected chi connectivity index (χ3v) is 4.38. The molecule has 142 valence electrons. The molecule has 0 N–H and O–H groups in total. The highest BCUT2D eigenvalue weighted by Crippen LogP contribution is 2.29. The van der Waals surface area contributed by atoms with E-state index in [0.29, 0.717) is 4.88 Å². The van der Waals surface area contributed by atoms with Crippen molar-refractivity contribution in [3.8, 4) is 10.8 Å². The van der Waals surface area contributed by atoms with Gasteiger partial charge in [-0.2, -0.15) is 17.9 Å². The summed E-state index contributed by atoms with van der Waals surface area (Å²) in [5.74, 6) is -1.21. The molecule has 27 heavy (non-hydrogen) atoms. The lowest BCUT2D eigenvalue weighted by Crippen LogP contribution is -2.19. The summed E-state index contributed by atoms with van der Waals surface area (Å²) in [4.78, 5) is 24.2. The van der Waals surface area contributed by atoms with Gasteiger partial charge in [0, 0.05) is 0 Å². The minimum atomic E-state index is -4.46. The first kappa shape index (κ1) is 18.9. The van der Waals surface area contributed by atoms with Crippen LogP contribution in [0.2, 0.25) is 0 Å². The number of benzene rings is 1. The molecule has 6 nitrogen and oxygen atoms in total. The fourth-order valence-corrected chi connectivity index (χ4v) is 2.86. The Balaban J connectivity index is 1.54. The quantitative estimate of drug-likeness (QED) is 0.592. The van der Waals surface area contributed by atoms with Gasteiger partial charge in [0.15, 0.2) is 0 Å². The van der Waals surface area contributed by atoms with Crippen LogP contribution in [0.4, 0.5) is 13.2 Å². The summed E-state index contributed by atoms with van der Waals surface area (Å²) in [7, 11) is 0. The van der Waals surface area contributed by atoms with E-state index in [1.165, 1.54) is 23.5 Å². The number of carbonyl (C=O) groups is 1. The number of nitrogens with zero attached hydrogens (tertiary/aromatic N) is 2. The van der Waals surface area contributed by atoms with E-state index >= 15 is 0 Å². The molecular weight excluding hydrogens is 385 g/mol. The Hall–Kier alpha value is -2.88. The second kappa shape index (κ2) is 7.78. The number of ether oxygens (including phenoxy) is 1. The second-order valence-electron chi connectivity index (χ2n) is 5.48. The zero-order chi connectivity index (χ0) is 19.4. The molecule has 2 aromatic heterocycles. The van der Waals surface area contributed by atoms with Crippen LogP contribution in [0.1, 0.15) is 17.5 Å². The van der Waals surface area contributed by atoms with E-state index in [4.69, 9.17) is 9.15 Å². The molecule has 0 aliphatic carbocycles. The Bertz CT molecular complexity index is 977. The zero-order valence-corrected chi connectivity index (χ0v) is 14.5. The zero-order valence-electron chi connectivity index (χ0n) is 13.7. The topological polar surface area (TPSA) is 74.3 Å². The van der Waals surface area contributed by atoms with Gasteiger partial charge in [-0.1, -0.05) is 18.2 Å². The fourth-order valence-electron chi connectivity index (χ4n) is 2.22. The molecule has 0 spiro atoms. The molecule has 0 amide bonds. The van der Waals surface area contributed by atoms with Crippen molar-refractivity contribution in [1.82, 2.24) is 9.78 Å². The van der Waals surface area contributed by atoms with E-state index in [9.17, 15) is 22.8 Å². The Kier molecular flexibility index (Phi) is 5.45. The number of carbonyl (C=O) groups excluding carboxylic acids is 1. The Morgan fingerprint density at radius 3 is 2.78 bits per heavy atom. The first-order valence-corrected chi connectivity index (χ1v) is 8.64. The number of aromatic nitrogens is 2. The maximum absolute atomic E-state index is 12.7. The Morgan fingerprint density at radius 1 is 1.26 bits per heavy atom. The van der Waals surface area contributed by atoms with Crippen molar-refractivity contribution in [3.05, 3.63) is 63.5 Å². The molecule has 0 aliphatic rings. The SMILES string of the molecule is O=C(CCn1nc(-c2cccs2)oc1=O)OCc1cccc(C(F)(F)F)c1. The van der Waals surface area contributed by atoms with Crippen LogP contribution in [0.5, 0.6) is 0 Å². The normalized spacial score (nSPS) is 11.5. The Labute approximate surface area is 154 Å². The number of esters is 1. The number of hydrogen-bond acceptors (Lipinski definition) is 6. The van der Waals surface area contributed by atoms with Gasteiger partial charge >= 0.3 is 17.9 Å². The molecule has 10 heteroatoms. The lowest BCUT2D eigenvalue weighted by Gasteiger charge is -2.09. The van der Waals surface area contributed by atoms with Gasteiger partial charge < -0.3 is 9.15 Å². The van der Waals surface area contributed by atoms with Crippen molar-refractivity contribution < 1.29 is 27.1 Å². The third kappa shape index (κ3) is 4.85. The van der Waals surface area contributed by atoms with Crippen molar-refractivity contribution >= 4 is 17.3 Å². The van der Waals surface area contributed by atoms with E-state index in [1.807, 2.05) is 0 Å². The minimum Gasteiger partial charge on any atom is -0.461 e. The maximum atomic E-state index is 12.7. The highest BCUT2D eigenvalue weighted by Gasteiger charge is 2.30. The Morgan fingerprint density at radius 2 is 2.07 bits per heavy atom. The standard InChI is InChI=1S/C17H13F3N2O4S/c18-17(19,20)12-4-1-3-11(9-12)10-25-14(23)6-7-22-16(24)26-15(21-22)13-5-2-8-27-13/h1-5,8-9H,6-7,10H2. The molecule has 0 saturated carbocycles. The van der Waals surface area contributed by atoms with Crippen LogP contribution in [0.3, 0.4) is 0 Å². The van der Waals surface area contributed by atoms with Crippen LogP contribution >= 0.6 is 11.3 Å². The van der Waals surface area contributed by atoms with Gasteiger partial charge in [-0.3, -0.25) is 4.79 Å². The monoisotopic (exact) mass is 398 g/mol. The first-order chi connectivity index (χ1) is 12.8. The summed E-state index contributed by atoms with van der Waals surface area (Å²) in [6.07, 6.45) is -4.64. The average Bonchev–Trinajstić information content (AvgIpc) is 3.27. The number of alkyl halides is 3. The van der Waals surface area contributed by atoms with Gasteiger partial charge in [-0.15, -0.1) is 16.4 Å². The van der Waals surface area contributed by atoms with Crippen molar-refractivity contribution in [1.29, 1.82) is 0 Å². The van der Waals surface area contributed by atoms with E-state index in [0.717, 1.165) is 16.8 Å². The number of aryl methyl sites for hydroxylation is 1. The van der Waals surface area contributed by atoms with Gasteiger partial charge in [0.05, 0.1) is 23.4 Å². The number of rotatable bonds is 6. The van der Waals surface area contributed by atoms with Crippen molar-refractivity contribution in [2.24, 2.45) is 0 Å². The molecule has 0 radical (unpaired) electrons. The lowest BCUT2D eigenvalue weighted by atomic mass is 10.1. The van der Waals surface area contributed by atoms with Gasteiger partial charge in [0.2, 0.25) is 0 Å². The largest absolute Gasteiger partial charge is 0.461 e. The van der Waals surface area contributed by atoms with Gasteiger partial charge in [0.1, 0.15) is 6.61 Å². The number of thiophene rings is 1. The van der Waals surface area contributed by atoms with Gasteiger partial charge in [-0.05, 0) is 29.1 Å². The van der Waals surface area contributed by atoms with Gasteiger partial charge in [-0.25, -0.2) is 4.79 Å². The molecule has 3 rings (SSSR count). The van der Waals surface area contributed by atoms with Crippen LogP contribution in [-0.4, -0.2) is 15.7 Å². The van der Waals surface area contributed by atoms with Gasteiger partial charge in [0.25, 0.3) is 5.89 Å². The fraction of sp³-hybridized carbons (Fsp3) is 0.235. The molecule has 0 unspecified atom stereocenters. The lowest BCUT2D eigenvalue weighted by molar-refractivity contribution is -0.145. The average molecular weight is 398 g/mol. The van der Waals surface area contributed by atoms with Crippen LogP contribution in [0.15, 0.2) is 51.0 Å². The summed E-state index contributed by atoms with van der Waals surface area (Å²) >= 11 is 1.35. The number of hydrogen-bond donors (Lipinski definition) is 0. The first-order valence-electron chi connectivity index (χ1n) is 7.76. The molecule has 3 aromatic rings. The van der Waals surface area contributed by atoms with E-state index < -0.39 is 23.5 Å². The maximum Gasteiger partial charge on any atom is 0.437 e.